The molecule has 1 fully saturated rings. The second kappa shape index (κ2) is 8.84. The van der Waals surface area contributed by atoms with Crippen LogP contribution in [0.25, 0.3) is 0 Å². The van der Waals surface area contributed by atoms with Gasteiger partial charge in [-0.15, -0.1) is 0 Å². The lowest BCUT2D eigenvalue weighted by molar-refractivity contribution is -0.139. The van der Waals surface area contributed by atoms with E-state index in [0.717, 1.165) is 43.2 Å². The molecule has 4 nitrogen and oxygen atoms in total. The molecule has 0 aromatic heterocycles. The van der Waals surface area contributed by atoms with Crippen molar-refractivity contribution in [3.8, 4) is 0 Å². The SMILES string of the molecule is COCCN1C(C)CN(C(=O)C(C)Cc2ccc(Cl)cc2)CC1C. The van der Waals surface area contributed by atoms with Gasteiger partial charge in [0.1, 0.15) is 0 Å². The number of carbonyl (C=O) groups is 1. The Morgan fingerprint density at radius 2 is 1.83 bits per heavy atom. The summed E-state index contributed by atoms with van der Waals surface area (Å²) < 4.78 is 5.20. The number of carbonyl (C=O) groups excluding carboxylic acids is 1. The fourth-order valence-electron chi connectivity index (χ4n) is 3.55. The van der Waals surface area contributed by atoms with Gasteiger partial charge < -0.3 is 9.64 Å². The van der Waals surface area contributed by atoms with Crippen molar-refractivity contribution in [3.63, 3.8) is 0 Å². The van der Waals surface area contributed by atoms with Crippen LogP contribution in [0.1, 0.15) is 26.3 Å². The Labute approximate surface area is 150 Å². The summed E-state index contributed by atoms with van der Waals surface area (Å²) in [6.45, 7) is 9.63. The first-order chi connectivity index (χ1) is 11.4. The van der Waals surface area contributed by atoms with Gasteiger partial charge in [-0.05, 0) is 38.0 Å². The van der Waals surface area contributed by atoms with Crippen molar-refractivity contribution >= 4 is 17.5 Å². The number of nitrogens with zero attached hydrogens (tertiary/aromatic N) is 2. The largest absolute Gasteiger partial charge is 0.383 e. The van der Waals surface area contributed by atoms with E-state index in [1.165, 1.54) is 0 Å². The Bertz CT molecular complexity index is 523. The van der Waals surface area contributed by atoms with E-state index in [4.69, 9.17) is 16.3 Å². The van der Waals surface area contributed by atoms with Gasteiger partial charge in [0, 0.05) is 49.8 Å². The predicted molar refractivity (Wildman–Crippen MR) is 98.4 cm³/mol. The Kier molecular flexibility index (Phi) is 7.08. The van der Waals surface area contributed by atoms with Crippen molar-refractivity contribution in [2.24, 2.45) is 5.92 Å². The van der Waals surface area contributed by atoms with E-state index in [-0.39, 0.29) is 11.8 Å². The first kappa shape index (κ1) is 19.2. The first-order valence-corrected chi connectivity index (χ1v) is 9.08. The quantitative estimate of drug-likeness (QED) is 0.788. The fourth-order valence-corrected chi connectivity index (χ4v) is 3.67. The lowest BCUT2D eigenvalue weighted by Gasteiger charge is -2.45. The summed E-state index contributed by atoms with van der Waals surface area (Å²) in [6, 6.07) is 8.48. The van der Waals surface area contributed by atoms with Crippen molar-refractivity contribution in [3.05, 3.63) is 34.9 Å². The summed E-state index contributed by atoms with van der Waals surface area (Å²) in [7, 11) is 1.73. The Balaban J connectivity index is 1.93. The molecule has 0 bridgehead atoms. The molecular weight excluding hydrogens is 324 g/mol. The van der Waals surface area contributed by atoms with Gasteiger partial charge in [-0.25, -0.2) is 0 Å². The van der Waals surface area contributed by atoms with Crippen LogP contribution < -0.4 is 0 Å². The molecule has 1 heterocycles. The number of amides is 1. The van der Waals surface area contributed by atoms with Crippen LogP contribution in [0.3, 0.4) is 0 Å². The lowest BCUT2D eigenvalue weighted by atomic mass is 9.98. The highest BCUT2D eigenvalue weighted by Crippen LogP contribution is 2.20. The molecule has 24 heavy (non-hydrogen) atoms. The van der Waals surface area contributed by atoms with Crippen LogP contribution in [-0.2, 0) is 16.0 Å². The molecular formula is C19H29ClN2O2. The van der Waals surface area contributed by atoms with Crippen molar-refractivity contribution in [1.29, 1.82) is 0 Å². The number of methoxy groups -OCH3 is 1. The minimum absolute atomic E-state index is 0.0175. The molecule has 5 heteroatoms. The maximum absolute atomic E-state index is 12.8. The zero-order valence-corrected chi connectivity index (χ0v) is 15.9. The second-order valence-electron chi connectivity index (χ2n) is 6.90. The Morgan fingerprint density at radius 1 is 1.25 bits per heavy atom. The predicted octanol–water partition coefficient (Wildman–Crippen LogP) is 3.09. The zero-order chi connectivity index (χ0) is 17.7. The van der Waals surface area contributed by atoms with Crippen molar-refractivity contribution in [1.82, 2.24) is 9.80 Å². The standard InChI is InChI=1S/C19H29ClN2O2/c1-14(11-17-5-7-18(20)8-6-17)19(23)21-12-15(2)22(9-10-24-4)16(3)13-21/h5-8,14-16H,9-13H2,1-4H3. The average molecular weight is 353 g/mol. The molecule has 2 rings (SSSR count). The molecule has 0 saturated carbocycles. The number of hydrogen-bond donors (Lipinski definition) is 0. The van der Waals surface area contributed by atoms with Crippen LogP contribution in [-0.4, -0.2) is 61.1 Å². The molecule has 1 aromatic rings. The molecule has 0 spiro atoms. The minimum Gasteiger partial charge on any atom is -0.383 e. The van der Waals surface area contributed by atoms with E-state index >= 15 is 0 Å². The summed E-state index contributed by atoms with van der Waals surface area (Å²) in [5.41, 5.74) is 1.15. The van der Waals surface area contributed by atoms with Gasteiger partial charge in [-0.2, -0.15) is 0 Å². The molecule has 0 aliphatic carbocycles. The van der Waals surface area contributed by atoms with Crippen LogP contribution in [0, 0.1) is 5.92 Å². The summed E-state index contributed by atoms with van der Waals surface area (Å²) in [4.78, 5) is 17.3. The maximum atomic E-state index is 12.8. The van der Waals surface area contributed by atoms with Crippen molar-refractivity contribution in [2.75, 3.05) is 33.4 Å². The van der Waals surface area contributed by atoms with Gasteiger partial charge in [0.15, 0.2) is 0 Å². The molecule has 134 valence electrons. The average Bonchev–Trinajstić information content (AvgIpc) is 2.55. The molecule has 3 unspecified atom stereocenters. The van der Waals surface area contributed by atoms with E-state index in [0.29, 0.717) is 12.1 Å². The van der Waals surface area contributed by atoms with Crippen LogP contribution in [0.15, 0.2) is 24.3 Å². The highest BCUT2D eigenvalue weighted by Gasteiger charge is 2.32. The normalized spacial score (nSPS) is 23.3. The van der Waals surface area contributed by atoms with Gasteiger partial charge in [0.2, 0.25) is 5.91 Å². The van der Waals surface area contributed by atoms with Crippen LogP contribution in [0.4, 0.5) is 0 Å². The molecule has 1 aromatic carbocycles. The van der Waals surface area contributed by atoms with Crippen LogP contribution in [0.5, 0.6) is 0 Å². The number of ether oxygens (including phenoxy) is 1. The smallest absolute Gasteiger partial charge is 0.225 e. The van der Waals surface area contributed by atoms with Crippen LogP contribution in [0.2, 0.25) is 5.02 Å². The molecule has 1 aliphatic rings. The van der Waals surface area contributed by atoms with Gasteiger partial charge in [0.25, 0.3) is 0 Å². The third kappa shape index (κ3) is 4.95. The minimum atomic E-state index is -0.0175. The molecule has 0 N–H and O–H groups in total. The van der Waals surface area contributed by atoms with Gasteiger partial charge in [-0.3, -0.25) is 9.69 Å². The maximum Gasteiger partial charge on any atom is 0.225 e. The Hall–Kier alpha value is -1.10. The van der Waals surface area contributed by atoms with Crippen LogP contribution >= 0.6 is 11.6 Å². The lowest BCUT2D eigenvalue weighted by Crippen LogP contribution is -2.59. The first-order valence-electron chi connectivity index (χ1n) is 8.70. The number of rotatable bonds is 6. The van der Waals surface area contributed by atoms with E-state index in [9.17, 15) is 4.79 Å². The highest BCUT2D eigenvalue weighted by molar-refractivity contribution is 6.30. The summed E-state index contributed by atoms with van der Waals surface area (Å²) in [5.74, 6) is 0.228. The van der Waals surface area contributed by atoms with Gasteiger partial charge in [0.05, 0.1) is 6.61 Å². The molecule has 1 amide bonds. The monoisotopic (exact) mass is 352 g/mol. The van der Waals surface area contributed by atoms with Gasteiger partial charge >= 0.3 is 0 Å². The number of benzene rings is 1. The van der Waals surface area contributed by atoms with Crippen molar-refractivity contribution < 1.29 is 9.53 Å². The van der Waals surface area contributed by atoms with Crippen molar-refractivity contribution in [2.45, 2.75) is 39.3 Å². The fraction of sp³-hybridized carbons (Fsp3) is 0.632. The third-order valence-electron chi connectivity index (χ3n) is 4.84. The molecule has 1 aliphatic heterocycles. The second-order valence-corrected chi connectivity index (χ2v) is 7.34. The number of piperazine rings is 1. The van der Waals surface area contributed by atoms with E-state index in [1.807, 2.05) is 36.1 Å². The molecule has 0 radical (unpaired) electrons. The summed E-state index contributed by atoms with van der Waals surface area (Å²) >= 11 is 5.93. The zero-order valence-electron chi connectivity index (χ0n) is 15.2. The Morgan fingerprint density at radius 3 is 2.38 bits per heavy atom. The van der Waals surface area contributed by atoms with Gasteiger partial charge in [-0.1, -0.05) is 30.7 Å². The van der Waals surface area contributed by atoms with E-state index < -0.39 is 0 Å². The molecule has 1 saturated heterocycles. The highest BCUT2D eigenvalue weighted by atomic mass is 35.5. The molecule has 3 atom stereocenters. The van der Waals surface area contributed by atoms with E-state index in [1.54, 1.807) is 7.11 Å². The van der Waals surface area contributed by atoms with E-state index in [2.05, 4.69) is 18.7 Å². The number of hydrogen-bond acceptors (Lipinski definition) is 3. The summed E-state index contributed by atoms with van der Waals surface area (Å²) in [6.07, 6.45) is 0.753. The summed E-state index contributed by atoms with van der Waals surface area (Å²) in [5, 5.41) is 0.729. The third-order valence-corrected chi connectivity index (χ3v) is 5.10. The topological polar surface area (TPSA) is 32.8 Å². The number of halogens is 1.